The topological polar surface area (TPSA) is 18.5 Å². The predicted octanol–water partition coefficient (Wildman–Crippen LogP) is 1.79. The minimum atomic E-state index is 0.799. The van der Waals surface area contributed by atoms with Crippen LogP contribution in [0.15, 0.2) is 0 Å². The van der Waals surface area contributed by atoms with Gasteiger partial charge in [0.2, 0.25) is 0 Å². The number of rotatable bonds is 5. The van der Waals surface area contributed by atoms with E-state index < -0.39 is 0 Å². The Bertz CT molecular complexity index is 216. The van der Waals surface area contributed by atoms with E-state index in [-0.39, 0.29) is 0 Å². The summed E-state index contributed by atoms with van der Waals surface area (Å²) in [5.41, 5.74) is 0. The van der Waals surface area contributed by atoms with Crippen molar-refractivity contribution in [2.75, 3.05) is 45.8 Å². The number of piperazine rings is 1. The summed E-state index contributed by atoms with van der Waals surface area (Å²) in [4.78, 5) is 5.28. The summed E-state index contributed by atoms with van der Waals surface area (Å²) in [6.45, 7) is 13.6. The molecule has 0 aromatic rings. The molecule has 0 aromatic carbocycles. The molecule has 1 N–H and O–H groups in total. The van der Waals surface area contributed by atoms with Crippen molar-refractivity contribution in [3.8, 4) is 0 Å². The molecular weight excluding hydrogens is 222 g/mol. The van der Waals surface area contributed by atoms with Gasteiger partial charge in [0.1, 0.15) is 0 Å². The fraction of sp³-hybridized carbons (Fsp3) is 1.00. The van der Waals surface area contributed by atoms with Crippen LogP contribution < -0.4 is 5.32 Å². The Morgan fingerprint density at radius 3 is 2.39 bits per heavy atom. The zero-order valence-electron chi connectivity index (χ0n) is 12.3. The van der Waals surface area contributed by atoms with Gasteiger partial charge in [0.15, 0.2) is 0 Å². The number of hydrogen-bond donors (Lipinski definition) is 1. The lowest BCUT2D eigenvalue weighted by Crippen LogP contribution is -2.48. The van der Waals surface area contributed by atoms with Crippen LogP contribution >= 0.6 is 0 Å². The SMILES string of the molecule is CC(C)CN1CCN(CCC2CCCCN2)CC1. The van der Waals surface area contributed by atoms with Crippen molar-refractivity contribution in [2.24, 2.45) is 5.92 Å². The van der Waals surface area contributed by atoms with Gasteiger partial charge in [0.05, 0.1) is 0 Å². The lowest BCUT2D eigenvalue weighted by atomic mass is 10.0. The van der Waals surface area contributed by atoms with E-state index in [2.05, 4.69) is 29.0 Å². The second kappa shape index (κ2) is 7.46. The summed E-state index contributed by atoms with van der Waals surface area (Å²) in [6, 6.07) is 0.799. The van der Waals surface area contributed by atoms with Crippen molar-refractivity contribution in [1.82, 2.24) is 15.1 Å². The van der Waals surface area contributed by atoms with Gasteiger partial charge in [-0.15, -0.1) is 0 Å². The highest BCUT2D eigenvalue weighted by molar-refractivity contribution is 4.77. The van der Waals surface area contributed by atoms with Crippen LogP contribution in [-0.4, -0.2) is 61.7 Å². The van der Waals surface area contributed by atoms with Gasteiger partial charge >= 0.3 is 0 Å². The fourth-order valence-electron chi connectivity index (χ4n) is 3.22. The summed E-state index contributed by atoms with van der Waals surface area (Å²) in [5, 5.41) is 3.66. The minimum absolute atomic E-state index is 0.799. The average Bonchev–Trinajstić information content (AvgIpc) is 2.38. The maximum atomic E-state index is 3.66. The van der Waals surface area contributed by atoms with Crippen molar-refractivity contribution in [3.05, 3.63) is 0 Å². The Morgan fingerprint density at radius 2 is 1.78 bits per heavy atom. The van der Waals surface area contributed by atoms with E-state index in [0.717, 1.165) is 12.0 Å². The highest BCUT2D eigenvalue weighted by atomic mass is 15.3. The lowest BCUT2D eigenvalue weighted by molar-refractivity contribution is 0.117. The third-order valence-electron chi connectivity index (χ3n) is 4.29. The molecule has 0 amide bonds. The molecule has 2 saturated heterocycles. The maximum Gasteiger partial charge on any atom is 0.0110 e. The third kappa shape index (κ3) is 4.87. The molecule has 2 rings (SSSR count). The number of hydrogen-bond acceptors (Lipinski definition) is 3. The first-order chi connectivity index (χ1) is 8.74. The van der Waals surface area contributed by atoms with Crippen LogP contribution in [0.3, 0.4) is 0 Å². The van der Waals surface area contributed by atoms with Gasteiger partial charge in [0.25, 0.3) is 0 Å². The first-order valence-electron chi connectivity index (χ1n) is 7.92. The van der Waals surface area contributed by atoms with Crippen molar-refractivity contribution in [2.45, 2.75) is 45.6 Å². The Morgan fingerprint density at radius 1 is 1.06 bits per heavy atom. The molecule has 0 radical (unpaired) electrons. The second-order valence-corrected chi connectivity index (χ2v) is 6.47. The van der Waals surface area contributed by atoms with Gasteiger partial charge in [-0.3, -0.25) is 0 Å². The predicted molar refractivity (Wildman–Crippen MR) is 78.0 cm³/mol. The second-order valence-electron chi connectivity index (χ2n) is 6.47. The normalized spacial score (nSPS) is 27.8. The molecule has 0 saturated carbocycles. The van der Waals surface area contributed by atoms with Crippen LogP contribution in [-0.2, 0) is 0 Å². The van der Waals surface area contributed by atoms with E-state index in [0.29, 0.717) is 0 Å². The summed E-state index contributed by atoms with van der Waals surface area (Å²) in [5.74, 6) is 0.808. The largest absolute Gasteiger partial charge is 0.314 e. The molecule has 18 heavy (non-hydrogen) atoms. The zero-order chi connectivity index (χ0) is 12.8. The van der Waals surface area contributed by atoms with Gasteiger partial charge in [-0.05, 0) is 38.3 Å². The van der Waals surface area contributed by atoms with E-state index >= 15 is 0 Å². The van der Waals surface area contributed by atoms with E-state index in [1.807, 2.05) is 0 Å². The Labute approximate surface area is 113 Å². The lowest BCUT2D eigenvalue weighted by Gasteiger charge is -2.36. The summed E-state index contributed by atoms with van der Waals surface area (Å²) >= 11 is 0. The van der Waals surface area contributed by atoms with Crippen molar-refractivity contribution in [1.29, 1.82) is 0 Å². The fourth-order valence-corrected chi connectivity index (χ4v) is 3.22. The molecule has 0 aromatic heterocycles. The van der Waals surface area contributed by atoms with Gasteiger partial charge in [-0.2, -0.15) is 0 Å². The number of nitrogens with one attached hydrogen (secondary N) is 1. The Balaban J connectivity index is 1.58. The van der Waals surface area contributed by atoms with Crippen LogP contribution in [0.25, 0.3) is 0 Å². The molecular formula is C15H31N3. The Kier molecular flexibility index (Phi) is 5.93. The van der Waals surface area contributed by atoms with Gasteiger partial charge in [-0.1, -0.05) is 20.3 Å². The summed E-state index contributed by atoms with van der Waals surface area (Å²) < 4.78 is 0. The third-order valence-corrected chi connectivity index (χ3v) is 4.29. The van der Waals surface area contributed by atoms with Crippen LogP contribution in [0.1, 0.15) is 39.5 Å². The van der Waals surface area contributed by atoms with Gasteiger partial charge < -0.3 is 15.1 Å². The standard InChI is InChI=1S/C15H31N3/c1-14(2)13-18-11-9-17(10-12-18)8-6-15-5-3-4-7-16-15/h14-16H,3-13H2,1-2H3. The molecule has 3 heteroatoms. The van der Waals surface area contributed by atoms with E-state index in [9.17, 15) is 0 Å². The Hall–Kier alpha value is -0.120. The molecule has 2 fully saturated rings. The minimum Gasteiger partial charge on any atom is -0.314 e. The molecule has 2 aliphatic rings. The van der Waals surface area contributed by atoms with Gasteiger partial charge in [-0.25, -0.2) is 0 Å². The van der Waals surface area contributed by atoms with Crippen molar-refractivity contribution in [3.63, 3.8) is 0 Å². The van der Waals surface area contributed by atoms with E-state index in [1.54, 1.807) is 0 Å². The van der Waals surface area contributed by atoms with Crippen LogP contribution in [0.2, 0.25) is 0 Å². The molecule has 1 unspecified atom stereocenters. The summed E-state index contributed by atoms with van der Waals surface area (Å²) in [6.07, 6.45) is 5.56. The van der Waals surface area contributed by atoms with Crippen LogP contribution in [0, 0.1) is 5.92 Å². The first kappa shape index (κ1) is 14.3. The van der Waals surface area contributed by atoms with E-state index in [4.69, 9.17) is 0 Å². The van der Waals surface area contributed by atoms with Crippen LogP contribution in [0.4, 0.5) is 0 Å². The smallest absolute Gasteiger partial charge is 0.0110 e. The van der Waals surface area contributed by atoms with Gasteiger partial charge in [0, 0.05) is 38.8 Å². The molecule has 1 atom stereocenters. The zero-order valence-corrected chi connectivity index (χ0v) is 12.3. The first-order valence-corrected chi connectivity index (χ1v) is 7.92. The monoisotopic (exact) mass is 253 g/mol. The van der Waals surface area contributed by atoms with Crippen LogP contribution in [0.5, 0.6) is 0 Å². The number of nitrogens with zero attached hydrogens (tertiary/aromatic N) is 2. The average molecular weight is 253 g/mol. The van der Waals surface area contributed by atoms with E-state index in [1.165, 1.54) is 71.5 Å². The maximum absolute atomic E-state index is 3.66. The molecule has 2 heterocycles. The molecule has 0 aliphatic carbocycles. The van der Waals surface area contributed by atoms with Crippen molar-refractivity contribution >= 4 is 0 Å². The molecule has 2 aliphatic heterocycles. The highest BCUT2D eigenvalue weighted by Gasteiger charge is 2.19. The summed E-state index contributed by atoms with van der Waals surface area (Å²) in [7, 11) is 0. The molecule has 0 bridgehead atoms. The molecule has 3 nitrogen and oxygen atoms in total. The quantitative estimate of drug-likeness (QED) is 0.806. The molecule has 0 spiro atoms. The van der Waals surface area contributed by atoms with Crippen molar-refractivity contribution < 1.29 is 0 Å². The highest BCUT2D eigenvalue weighted by Crippen LogP contribution is 2.12. The number of piperidine rings is 1. The molecule has 106 valence electrons.